The fourth-order valence-corrected chi connectivity index (χ4v) is 3.13. The summed E-state index contributed by atoms with van der Waals surface area (Å²) in [6.45, 7) is 0.164. The van der Waals surface area contributed by atoms with Gasteiger partial charge in [-0.05, 0) is 38.8 Å². The summed E-state index contributed by atoms with van der Waals surface area (Å²) in [6.07, 6.45) is 0.674. The lowest BCUT2D eigenvalue weighted by atomic mass is 10.0. The molecule has 0 unspecified atom stereocenters. The van der Waals surface area contributed by atoms with Crippen LogP contribution in [-0.4, -0.2) is 41.4 Å². The molecule has 0 saturated heterocycles. The Bertz CT molecular complexity index is 1180. The summed E-state index contributed by atoms with van der Waals surface area (Å²) in [7, 11) is 0. The van der Waals surface area contributed by atoms with E-state index < -0.39 is 5.82 Å². The minimum Gasteiger partial charge on any atom is -0.411 e. The number of halogens is 2. The van der Waals surface area contributed by atoms with E-state index in [2.05, 4.69) is 31.0 Å². The SMILES string of the molecule is ON=C(Cc1ccc(F)c(Cl)c1)c1nonc1Cn1nnnc1Cc1ccccc1. The zero-order valence-electron chi connectivity index (χ0n) is 15.5. The molecule has 2 heterocycles. The Morgan fingerprint density at radius 3 is 2.73 bits per heavy atom. The molecule has 0 aliphatic carbocycles. The normalized spacial score (nSPS) is 11.7. The van der Waals surface area contributed by atoms with Gasteiger partial charge in [-0.1, -0.05) is 58.3 Å². The van der Waals surface area contributed by atoms with Crippen molar-refractivity contribution in [3.05, 3.63) is 87.7 Å². The topological polar surface area (TPSA) is 115 Å². The van der Waals surface area contributed by atoms with Crippen LogP contribution >= 0.6 is 11.6 Å². The monoisotopic (exact) mass is 427 g/mol. The zero-order chi connectivity index (χ0) is 20.9. The summed E-state index contributed by atoms with van der Waals surface area (Å²) in [4.78, 5) is 0. The van der Waals surface area contributed by atoms with Crippen LogP contribution in [0.1, 0.15) is 28.3 Å². The Morgan fingerprint density at radius 1 is 1.13 bits per heavy atom. The first kappa shape index (κ1) is 19.6. The molecule has 0 aliphatic rings. The molecule has 0 amide bonds. The fourth-order valence-electron chi connectivity index (χ4n) is 2.93. The Morgan fingerprint density at radius 2 is 1.97 bits per heavy atom. The third-order valence-corrected chi connectivity index (χ3v) is 4.71. The lowest BCUT2D eigenvalue weighted by Crippen LogP contribution is -2.14. The van der Waals surface area contributed by atoms with Gasteiger partial charge in [0.05, 0.1) is 11.6 Å². The number of hydrogen-bond acceptors (Lipinski definition) is 8. The predicted octanol–water partition coefficient (Wildman–Crippen LogP) is 2.91. The highest BCUT2D eigenvalue weighted by Crippen LogP contribution is 2.18. The van der Waals surface area contributed by atoms with E-state index in [-0.39, 0.29) is 29.4 Å². The summed E-state index contributed by atoms with van der Waals surface area (Å²) in [5, 5.41) is 32.4. The molecular weight excluding hydrogens is 413 g/mol. The Hall–Kier alpha value is -3.66. The van der Waals surface area contributed by atoms with E-state index in [1.54, 1.807) is 10.7 Å². The molecule has 9 nitrogen and oxygen atoms in total. The minimum atomic E-state index is -0.531. The maximum absolute atomic E-state index is 13.4. The molecule has 0 aliphatic heterocycles. The largest absolute Gasteiger partial charge is 0.411 e. The van der Waals surface area contributed by atoms with Gasteiger partial charge < -0.3 is 5.21 Å². The van der Waals surface area contributed by atoms with Gasteiger partial charge in [-0.15, -0.1) is 5.10 Å². The van der Waals surface area contributed by atoms with Crippen molar-refractivity contribution in [3.63, 3.8) is 0 Å². The number of oxime groups is 1. The van der Waals surface area contributed by atoms with E-state index in [4.69, 9.17) is 16.2 Å². The van der Waals surface area contributed by atoms with Gasteiger partial charge in [0.2, 0.25) is 0 Å². The second-order valence-electron chi connectivity index (χ2n) is 6.45. The molecule has 0 atom stereocenters. The smallest absolute Gasteiger partial charge is 0.158 e. The molecular formula is C19H15ClFN7O2. The van der Waals surface area contributed by atoms with Gasteiger partial charge in [0.15, 0.2) is 11.5 Å². The first-order valence-corrected chi connectivity index (χ1v) is 9.27. The van der Waals surface area contributed by atoms with Gasteiger partial charge in [0.25, 0.3) is 0 Å². The van der Waals surface area contributed by atoms with E-state index in [1.165, 1.54) is 12.1 Å². The highest BCUT2D eigenvalue weighted by Gasteiger charge is 2.20. The number of nitrogens with zero attached hydrogens (tertiary/aromatic N) is 7. The number of benzene rings is 2. The Labute approximate surface area is 174 Å². The van der Waals surface area contributed by atoms with Crippen LogP contribution in [0.25, 0.3) is 0 Å². The van der Waals surface area contributed by atoms with Gasteiger partial charge in [-0.2, -0.15) is 0 Å². The molecule has 4 rings (SSSR count). The lowest BCUT2D eigenvalue weighted by Gasteiger charge is -2.06. The van der Waals surface area contributed by atoms with Crippen LogP contribution in [-0.2, 0) is 19.4 Å². The molecule has 0 saturated carbocycles. The first-order valence-electron chi connectivity index (χ1n) is 8.89. The summed E-state index contributed by atoms with van der Waals surface area (Å²) in [5.41, 5.74) is 2.51. The standard InChI is InChI=1S/C19H15ClFN7O2/c20-14-8-13(6-7-15(14)21)9-16(23-29)19-17(24-30-25-19)11-28-18(22-26-27-28)10-12-4-2-1-3-5-12/h1-8,29H,9-11H2. The molecule has 4 aromatic rings. The van der Waals surface area contributed by atoms with Gasteiger partial charge in [0, 0.05) is 12.8 Å². The maximum atomic E-state index is 13.4. The average molecular weight is 428 g/mol. The van der Waals surface area contributed by atoms with Crippen LogP contribution in [0.4, 0.5) is 4.39 Å². The van der Waals surface area contributed by atoms with E-state index in [0.717, 1.165) is 5.56 Å². The van der Waals surface area contributed by atoms with Crippen LogP contribution in [0.3, 0.4) is 0 Å². The number of hydrogen-bond donors (Lipinski definition) is 1. The third-order valence-electron chi connectivity index (χ3n) is 4.42. The zero-order valence-corrected chi connectivity index (χ0v) is 16.2. The van der Waals surface area contributed by atoms with Gasteiger partial charge in [-0.3, -0.25) is 0 Å². The van der Waals surface area contributed by atoms with Crippen molar-refractivity contribution in [2.75, 3.05) is 0 Å². The highest BCUT2D eigenvalue weighted by atomic mass is 35.5. The van der Waals surface area contributed by atoms with Crippen molar-refractivity contribution >= 4 is 17.3 Å². The Balaban J connectivity index is 1.55. The van der Waals surface area contributed by atoms with Crippen molar-refractivity contribution < 1.29 is 14.2 Å². The van der Waals surface area contributed by atoms with Crippen molar-refractivity contribution in [3.8, 4) is 0 Å². The van der Waals surface area contributed by atoms with Crippen LogP contribution < -0.4 is 0 Å². The third kappa shape index (κ3) is 4.33. The van der Waals surface area contributed by atoms with Crippen molar-refractivity contribution in [2.24, 2.45) is 5.16 Å². The van der Waals surface area contributed by atoms with E-state index in [1.807, 2.05) is 30.3 Å². The summed E-state index contributed by atoms with van der Waals surface area (Å²) < 4.78 is 19.8. The molecule has 0 bridgehead atoms. The van der Waals surface area contributed by atoms with Crippen LogP contribution in [0.2, 0.25) is 5.02 Å². The molecule has 0 fully saturated rings. The molecule has 11 heteroatoms. The minimum absolute atomic E-state index is 0.0254. The first-order chi connectivity index (χ1) is 14.6. The Kier molecular flexibility index (Phi) is 5.75. The molecule has 152 valence electrons. The second kappa shape index (κ2) is 8.78. The number of rotatable bonds is 7. The van der Waals surface area contributed by atoms with Crippen molar-refractivity contribution in [1.82, 2.24) is 30.5 Å². The molecule has 1 N–H and O–H groups in total. The summed E-state index contributed by atoms with van der Waals surface area (Å²) in [6, 6.07) is 14.0. The van der Waals surface area contributed by atoms with Crippen molar-refractivity contribution in [1.29, 1.82) is 0 Å². The van der Waals surface area contributed by atoms with Gasteiger partial charge in [0.1, 0.15) is 17.2 Å². The van der Waals surface area contributed by atoms with Gasteiger partial charge >= 0.3 is 0 Å². The van der Waals surface area contributed by atoms with E-state index in [9.17, 15) is 9.60 Å². The van der Waals surface area contributed by atoms with E-state index >= 15 is 0 Å². The van der Waals surface area contributed by atoms with Crippen LogP contribution in [0.15, 0.2) is 58.3 Å². The van der Waals surface area contributed by atoms with E-state index in [0.29, 0.717) is 23.5 Å². The van der Waals surface area contributed by atoms with Crippen molar-refractivity contribution in [2.45, 2.75) is 19.4 Å². The van der Waals surface area contributed by atoms with Gasteiger partial charge in [-0.25, -0.2) is 13.7 Å². The molecule has 0 spiro atoms. The quantitative estimate of drug-likeness (QED) is 0.274. The summed E-state index contributed by atoms with van der Waals surface area (Å²) in [5.74, 6) is 0.0966. The molecule has 2 aromatic heterocycles. The van der Waals surface area contributed by atoms with Crippen LogP contribution in [0.5, 0.6) is 0 Å². The summed E-state index contributed by atoms with van der Waals surface area (Å²) >= 11 is 5.83. The maximum Gasteiger partial charge on any atom is 0.158 e. The average Bonchev–Trinajstić information content (AvgIpc) is 3.40. The number of tetrazole rings is 1. The fraction of sp³-hybridized carbons (Fsp3) is 0.158. The molecule has 2 aromatic carbocycles. The molecule has 0 radical (unpaired) electrons. The highest BCUT2D eigenvalue weighted by molar-refractivity contribution is 6.30. The molecule has 30 heavy (non-hydrogen) atoms. The number of aromatic nitrogens is 6. The van der Waals surface area contributed by atoms with Crippen LogP contribution in [0, 0.1) is 5.82 Å². The lowest BCUT2D eigenvalue weighted by molar-refractivity contribution is 0.299. The predicted molar refractivity (Wildman–Crippen MR) is 104 cm³/mol. The second-order valence-corrected chi connectivity index (χ2v) is 6.85.